The van der Waals surface area contributed by atoms with E-state index in [0.29, 0.717) is 17.9 Å². The van der Waals surface area contributed by atoms with Crippen molar-refractivity contribution >= 4 is 12.0 Å². The number of nitrogens with one attached hydrogen (secondary N) is 2. The predicted molar refractivity (Wildman–Crippen MR) is 79.7 cm³/mol. The zero-order valence-electron chi connectivity index (χ0n) is 12.7. The third-order valence-electron chi connectivity index (χ3n) is 3.51. The summed E-state index contributed by atoms with van der Waals surface area (Å²) in [5.41, 5.74) is 3.98. The van der Waals surface area contributed by atoms with Gasteiger partial charge in [0.05, 0.1) is 18.2 Å². The Balaban J connectivity index is 2.52. The monoisotopic (exact) mass is 288 g/mol. The zero-order valence-corrected chi connectivity index (χ0v) is 12.7. The van der Waals surface area contributed by atoms with Gasteiger partial charge >= 0.3 is 12.0 Å². The van der Waals surface area contributed by atoms with Crippen LogP contribution in [0.4, 0.5) is 4.79 Å². The summed E-state index contributed by atoms with van der Waals surface area (Å²) in [5.74, 6) is -0.409. The van der Waals surface area contributed by atoms with Crippen LogP contribution in [0.25, 0.3) is 0 Å². The lowest BCUT2D eigenvalue weighted by Gasteiger charge is -2.29. The van der Waals surface area contributed by atoms with Gasteiger partial charge < -0.3 is 15.4 Å². The largest absolute Gasteiger partial charge is 0.463 e. The molecule has 0 spiro atoms. The first-order valence-corrected chi connectivity index (χ1v) is 6.96. The first-order chi connectivity index (χ1) is 9.93. The number of allylic oxidation sites excluding steroid dienone is 1. The van der Waals surface area contributed by atoms with Crippen molar-refractivity contribution in [2.45, 2.75) is 33.7 Å². The van der Waals surface area contributed by atoms with E-state index in [1.54, 1.807) is 13.8 Å². The molecule has 112 valence electrons. The molecule has 0 bridgehead atoms. The standard InChI is InChI=1S/C16H20N2O3/c1-5-21-15(19)13-11(4)17-16(20)18-14(13)12-8-9(2)6-7-10(12)3/h6-8,14H,5H2,1-4H3,(H2,17,18,20)/t14-/m0/s1. The van der Waals surface area contributed by atoms with Crippen LogP contribution < -0.4 is 10.6 Å². The SMILES string of the molecule is CCOC(=O)C1=C(C)NC(=O)N[C@H]1c1cc(C)ccc1C. The second-order valence-corrected chi connectivity index (χ2v) is 5.15. The van der Waals surface area contributed by atoms with Gasteiger partial charge in [-0.2, -0.15) is 0 Å². The molecular formula is C16H20N2O3. The molecule has 1 aromatic rings. The number of carbonyl (C=O) groups is 2. The highest BCUT2D eigenvalue weighted by atomic mass is 16.5. The summed E-state index contributed by atoms with van der Waals surface area (Å²) in [6.07, 6.45) is 0. The molecule has 2 N–H and O–H groups in total. The molecule has 21 heavy (non-hydrogen) atoms. The van der Waals surface area contributed by atoms with Crippen molar-refractivity contribution in [3.8, 4) is 0 Å². The Hall–Kier alpha value is -2.30. The normalized spacial score (nSPS) is 18.1. The van der Waals surface area contributed by atoms with E-state index in [9.17, 15) is 9.59 Å². The van der Waals surface area contributed by atoms with Crippen LogP contribution in [0.2, 0.25) is 0 Å². The molecule has 5 heteroatoms. The van der Waals surface area contributed by atoms with Gasteiger partial charge in [0.1, 0.15) is 0 Å². The minimum Gasteiger partial charge on any atom is -0.463 e. The van der Waals surface area contributed by atoms with Crippen LogP contribution in [0, 0.1) is 13.8 Å². The minimum atomic E-state index is -0.488. The molecule has 0 aromatic heterocycles. The third-order valence-corrected chi connectivity index (χ3v) is 3.51. The fourth-order valence-electron chi connectivity index (χ4n) is 2.48. The van der Waals surface area contributed by atoms with Crippen molar-refractivity contribution < 1.29 is 14.3 Å². The average molecular weight is 288 g/mol. The quantitative estimate of drug-likeness (QED) is 0.840. The Morgan fingerprint density at radius 3 is 2.67 bits per heavy atom. The smallest absolute Gasteiger partial charge is 0.338 e. The van der Waals surface area contributed by atoms with Gasteiger partial charge in [-0.3, -0.25) is 0 Å². The van der Waals surface area contributed by atoms with E-state index in [-0.39, 0.29) is 6.03 Å². The minimum absolute atomic E-state index is 0.295. The summed E-state index contributed by atoms with van der Waals surface area (Å²) in [6.45, 7) is 7.70. The van der Waals surface area contributed by atoms with Crippen LogP contribution >= 0.6 is 0 Å². The fraction of sp³-hybridized carbons (Fsp3) is 0.375. The van der Waals surface area contributed by atoms with Crippen molar-refractivity contribution in [2.24, 2.45) is 0 Å². The summed E-state index contributed by atoms with van der Waals surface area (Å²) >= 11 is 0. The molecule has 1 atom stereocenters. The molecule has 2 rings (SSSR count). The van der Waals surface area contributed by atoms with Crippen molar-refractivity contribution in [3.05, 3.63) is 46.2 Å². The Labute approximate surface area is 124 Å². The predicted octanol–water partition coefficient (Wildman–Crippen LogP) is 2.49. The van der Waals surface area contributed by atoms with E-state index in [1.165, 1.54) is 0 Å². The molecule has 0 saturated heterocycles. The van der Waals surface area contributed by atoms with Crippen molar-refractivity contribution in [2.75, 3.05) is 6.61 Å². The van der Waals surface area contributed by atoms with Crippen LogP contribution in [-0.2, 0) is 9.53 Å². The van der Waals surface area contributed by atoms with Crippen molar-refractivity contribution in [3.63, 3.8) is 0 Å². The zero-order chi connectivity index (χ0) is 15.6. The van der Waals surface area contributed by atoms with Crippen LogP contribution in [0.3, 0.4) is 0 Å². The highest BCUT2D eigenvalue weighted by Crippen LogP contribution is 2.30. The lowest BCUT2D eigenvalue weighted by molar-refractivity contribution is -0.139. The van der Waals surface area contributed by atoms with Gasteiger partial charge in [0.2, 0.25) is 0 Å². The van der Waals surface area contributed by atoms with Crippen LogP contribution in [-0.4, -0.2) is 18.6 Å². The van der Waals surface area contributed by atoms with Gasteiger partial charge in [-0.05, 0) is 38.8 Å². The van der Waals surface area contributed by atoms with Crippen LogP contribution in [0.1, 0.15) is 36.6 Å². The van der Waals surface area contributed by atoms with Crippen molar-refractivity contribution in [1.82, 2.24) is 10.6 Å². The topological polar surface area (TPSA) is 67.4 Å². The second-order valence-electron chi connectivity index (χ2n) is 5.15. The van der Waals surface area contributed by atoms with E-state index in [0.717, 1.165) is 16.7 Å². The van der Waals surface area contributed by atoms with Gasteiger partial charge in [-0.15, -0.1) is 0 Å². The van der Waals surface area contributed by atoms with Crippen LogP contribution in [0.5, 0.6) is 0 Å². The van der Waals surface area contributed by atoms with Gasteiger partial charge in [0.15, 0.2) is 0 Å². The maximum absolute atomic E-state index is 12.2. The van der Waals surface area contributed by atoms with E-state index in [1.807, 2.05) is 32.0 Å². The second kappa shape index (κ2) is 5.99. The Kier molecular flexibility index (Phi) is 4.31. The number of hydrogen-bond donors (Lipinski definition) is 2. The number of rotatable bonds is 3. The molecule has 0 saturated carbocycles. The number of ether oxygens (including phenoxy) is 1. The molecule has 2 amide bonds. The molecule has 1 heterocycles. The Morgan fingerprint density at radius 2 is 2.00 bits per heavy atom. The summed E-state index contributed by atoms with van der Waals surface area (Å²) in [6, 6.07) is 5.17. The number of hydrogen-bond acceptors (Lipinski definition) is 3. The average Bonchev–Trinajstić information content (AvgIpc) is 2.40. The van der Waals surface area contributed by atoms with Gasteiger partial charge in [-0.1, -0.05) is 23.8 Å². The maximum Gasteiger partial charge on any atom is 0.338 e. The lowest BCUT2D eigenvalue weighted by Crippen LogP contribution is -2.45. The molecule has 1 aliphatic heterocycles. The molecule has 0 unspecified atom stereocenters. The summed E-state index contributed by atoms with van der Waals surface area (Å²) in [7, 11) is 0. The van der Waals surface area contributed by atoms with Crippen molar-refractivity contribution in [1.29, 1.82) is 0 Å². The Bertz CT molecular complexity index is 620. The molecule has 0 fully saturated rings. The van der Waals surface area contributed by atoms with E-state index in [4.69, 9.17) is 4.74 Å². The lowest BCUT2D eigenvalue weighted by atomic mass is 9.91. The molecule has 1 aromatic carbocycles. The molecule has 1 aliphatic rings. The summed E-state index contributed by atoms with van der Waals surface area (Å²) in [4.78, 5) is 24.0. The number of aryl methyl sites for hydroxylation is 2. The third kappa shape index (κ3) is 3.07. The van der Waals surface area contributed by atoms with Gasteiger partial charge in [0, 0.05) is 5.70 Å². The molecule has 5 nitrogen and oxygen atoms in total. The maximum atomic E-state index is 12.2. The first kappa shape index (κ1) is 15.1. The van der Waals surface area contributed by atoms with Crippen LogP contribution in [0.15, 0.2) is 29.5 Å². The first-order valence-electron chi connectivity index (χ1n) is 6.96. The number of amides is 2. The summed E-state index contributed by atoms with van der Waals surface area (Å²) < 4.78 is 5.12. The molecule has 0 radical (unpaired) electrons. The van der Waals surface area contributed by atoms with Gasteiger partial charge in [-0.25, -0.2) is 9.59 Å². The fourth-order valence-corrected chi connectivity index (χ4v) is 2.48. The highest BCUT2D eigenvalue weighted by Gasteiger charge is 2.32. The van der Waals surface area contributed by atoms with E-state index < -0.39 is 12.0 Å². The number of esters is 1. The van der Waals surface area contributed by atoms with E-state index >= 15 is 0 Å². The Morgan fingerprint density at radius 1 is 1.29 bits per heavy atom. The number of urea groups is 1. The molecular weight excluding hydrogens is 268 g/mol. The number of carbonyl (C=O) groups excluding carboxylic acids is 2. The van der Waals surface area contributed by atoms with E-state index in [2.05, 4.69) is 10.6 Å². The van der Waals surface area contributed by atoms with Gasteiger partial charge in [0.25, 0.3) is 0 Å². The number of benzene rings is 1. The molecule has 0 aliphatic carbocycles. The summed E-state index contributed by atoms with van der Waals surface area (Å²) in [5, 5.41) is 5.44. The highest BCUT2D eigenvalue weighted by molar-refractivity contribution is 5.95.